The zero-order valence-electron chi connectivity index (χ0n) is 9.36. The van der Waals surface area contributed by atoms with Crippen molar-refractivity contribution < 1.29 is 26.5 Å². The first kappa shape index (κ1) is 15.7. The lowest BCUT2D eigenvalue weighted by Crippen LogP contribution is -2.12. The first-order valence-electron chi connectivity index (χ1n) is 4.81. The van der Waals surface area contributed by atoms with Gasteiger partial charge in [0.2, 0.25) is 0 Å². The normalized spacial score (nSPS) is 12.5. The van der Waals surface area contributed by atoms with Gasteiger partial charge in [-0.25, -0.2) is 8.42 Å². The van der Waals surface area contributed by atoms with Crippen molar-refractivity contribution in [1.82, 2.24) is 0 Å². The van der Waals surface area contributed by atoms with E-state index in [9.17, 15) is 31.7 Å². The molecule has 5 nitrogen and oxygen atoms in total. The SMILES string of the molecule is CCc1cc(C(F)(F)F)c(S(=O)(=O)Cl)cc1[N+](=O)[O-]. The Bertz CT molecular complexity index is 627. The van der Waals surface area contributed by atoms with E-state index in [1.165, 1.54) is 6.92 Å². The van der Waals surface area contributed by atoms with Crippen LogP contribution in [0.3, 0.4) is 0 Å². The predicted octanol–water partition coefficient (Wildman–Crippen LogP) is 3.10. The molecule has 0 aliphatic carbocycles. The summed E-state index contributed by atoms with van der Waals surface area (Å²) in [6.45, 7) is 1.41. The van der Waals surface area contributed by atoms with E-state index in [4.69, 9.17) is 10.7 Å². The Morgan fingerprint density at radius 2 is 1.89 bits per heavy atom. The number of benzene rings is 1. The van der Waals surface area contributed by atoms with Gasteiger partial charge in [0, 0.05) is 22.3 Å². The Morgan fingerprint density at radius 3 is 2.21 bits per heavy atom. The van der Waals surface area contributed by atoms with Gasteiger partial charge in [0.1, 0.15) is 4.90 Å². The number of hydrogen-bond donors (Lipinski definition) is 0. The predicted molar refractivity (Wildman–Crippen MR) is 60.5 cm³/mol. The van der Waals surface area contributed by atoms with Gasteiger partial charge in [0.25, 0.3) is 14.7 Å². The van der Waals surface area contributed by atoms with Crippen LogP contribution in [0.25, 0.3) is 0 Å². The van der Waals surface area contributed by atoms with Crippen molar-refractivity contribution in [3.8, 4) is 0 Å². The van der Waals surface area contributed by atoms with E-state index < -0.39 is 36.3 Å². The maximum atomic E-state index is 12.7. The third kappa shape index (κ3) is 3.35. The fourth-order valence-electron chi connectivity index (χ4n) is 1.49. The number of hydrogen-bond acceptors (Lipinski definition) is 4. The smallest absolute Gasteiger partial charge is 0.258 e. The topological polar surface area (TPSA) is 77.3 Å². The second kappa shape index (κ2) is 4.97. The molecule has 0 N–H and O–H groups in total. The summed E-state index contributed by atoms with van der Waals surface area (Å²) in [4.78, 5) is 8.44. The molecular weight excluding hydrogens is 311 g/mol. The lowest BCUT2D eigenvalue weighted by Gasteiger charge is -2.12. The van der Waals surface area contributed by atoms with Gasteiger partial charge in [0.15, 0.2) is 0 Å². The fourth-order valence-corrected chi connectivity index (χ4v) is 2.56. The summed E-state index contributed by atoms with van der Waals surface area (Å²) in [7, 11) is 0.142. The van der Waals surface area contributed by atoms with Crippen molar-refractivity contribution in [1.29, 1.82) is 0 Å². The fraction of sp³-hybridized carbons (Fsp3) is 0.333. The van der Waals surface area contributed by atoms with Crippen LogP contribution in [0.1, 0.15) is 18.1 Å². The zero-order chi connectivity index (χ0) is 15.0. The van der Waals surface area contributed by atoms with Gasteiger partial charge in [-0.3, -0.25) is 10.1 Å². The van der Waals surface area contributed by atoms with Crippen LogP contribution in [-0.2, 0) is 21.6 Å². The van der Waals surface area contributed by atoms with Crippen LogP contribution >= 0.6 is 10.7 Å². The number of nitrogens with zero attached hydrogens (tertiary/aromatic N) is 1. The highest BCUT2D eigenvalue weighted by molar-refractivity contribution is 8.13. The molecule has 0 spiro atoms. The largest absolute Gasteiger partial charge is 0.417 e. The summed E-state index contributed by atoms with van der Waals surface area (Å²) in [5.74, 6) is 0. The van der Waals surface area contributed by atoms with Crippen LogP contribution in [-0.4, -0.2) is 13.3 Å². The Morgan fingerprint density at radius 1 is 1.37 bits per heavy atom. The molecule has 0 atom stereocenters. The number of nitro benzene ring substituents is 1. The quantitative estimate of drug-likeness (QED) is 0.487. The summed E-state index contributed by atoms with van der Waals surface area (Å²) >= 11 is 0. The molecular formula is C9H7ClF3NO4S. The van der Waals surface area contributed by atoms with E-state index in [1.807, 2.05) is 0 Å². The van der Waals surface area contributed by atoms with E-state index in [1.54, 1.807) is 0 Å². The zero-order valence-corrected chi connectivity index (χ0v) is 10.9. The van der Waals surface area contributed by atoms with Gasteiger partial charge in [0.05, 0.1) is 10.5 Å². The number of rotatable bonds is 3. The summed E-state index contributed by atoms with van der Waals surface area (Å²) < 4.78 is 60.4. The highest BCUT2D eigenvalue weighted by Crippen LogP contribution is 2.39. The summed E-state index contributed by atoms with van der Waals surface area (Å²) in [5, 5.41) is 10.7. The first-order valence-corrected chi connectivity index (χ1v) is 7.12. The highest BCUT2D eigenvalue weighted by Gasteiger charge is 2.39. The summed E-state index contributed by atoms with van der Waals surface area (Å²) in [5.41, 5.74) is -2.44. The molecule has 1 aromatic rings. The van der Waals surface area contributed by atoms with Gasteiger partial charge >= 0.3 is 6.18 Å². The van der Waals surface area contributed by atoms with Crippen molar-refractivity contribution in [3.05, 3.63) is 33.4 Å². The van der Waals surface area contributed by atoms with Gasteiger partial charge < -0.3 is 0 Å². The molecule has 0 saturated carbocycles. The van der Waals surface area contributed by atoms with Gasteiger partial charge in [-0.15, -0.1) is 0 Å². The first-order chi connectivity index (χ1) is 8.48. The van der Waals surface area contributed by atoms with E-state index in [0.29, 0.717) is 12.1 Å². The average molecular weight is 318 g/mol. The third-order valence-electron chi connectivity index (χ3n) is 2.33. The molecule has 0 radical (unpaired) electrons. The van der Waals surface area contributed by atoms with Gasteiger partial charge in [-0.05, 0) is 12.5 Å². The minimum atomic E-state index is -4.98. The lowest BCUT2D eigenvalue weighted by molar-refractivity contribution is -0.385. The molecule has 0 aliphatic heterocycles. The van der Waals surface area contributed by atoms with Crippen molar-refractivity contribution in [2.75, 3.05) is 0 Å². The van der Waals surface area contributed by atoms with Crippen molar-refractivity contribution in [3.63, 3.8) is 0 Å². The Labute approximate surface area is 110 Å². The maximum absolute atomic E-state index is 12.7. The monoisotopic (exact) mass is 317 g/mol. The molecule has 0 fully saturated rings. The molecule has 0 aliphatic rings. The van der Waals surface area contributed by atoms with Crippen LogP contribution in [0.4, 0.5) is 18.9 Å². The second-order valence-electron chi connectivity index (χ2n) is 3.52. The summed E-state index contributed by atoms with van der Waals surface area (Å²) in [6.07, 6.45) is -5.03. The molecule has 10 heteroatoms. The third-order valence-corrected chi connectivity index (χ3v) is 3.69. The molecule has 0 heterocycles. The Hall–Kier alpha value is -1.35. The molecule has 0 saturated heterocycles. The van der Waals surface area contributed by atoms with E-state index in [0.717, 1.165) is 0 Å². The van der Waals surface area contributed by atoms with Gasteiger partial charge in [-0.1, -0.05) is 6.92 Å². The number of aryl methyl sites for hydroxylation is 1. The highest BCUT2D eigenvalue weighted by atomic mass is 35.7. The Kier molecular flexibility index (Phi) is 4.11. The molecule has 0 amide bonds. The van der Waals surface area contributed by atoms with Crippen LogP contribution in [0.15, 0.2) is 17.0 Å². The van der Waals surface area contributed by atoms with Crippen LogP contribution < -0.4 is 0 Å². The van der Waals surface area contributed by atoms with E-state index >= 15 is 0 Å². The number of halogens is 4. The van der Waals surface area contributed by atoms with Crippen molar-refractivity contribution in [2.24, 2.45) is 0 Å². The average Bonchev–Trinajstić information content (AvgIpc) is 2.24. The standard InChI is InChI=1S/C9H7ClF3NO4S/c1-2-5-3-6(9(11,12)13)8(19(10,17)18)4-7(5)14(15)16/h3-4H,2H2,1H3. The van der Waals surface area contributed by atoms with E-state index in [2.05, 4.69) is 0 Å². The van der Waals surface area contributed by atoms with Gasteiger partial charge in [-0.2, -0.15) is 13.2 Å². The number of alkyl halides is 3. The molecule has 0 unspecified atom stereocenters. The minimum absolute atomic E-state index is 0.0536. The molecule has 0 bridgehead atoms. The minimum Gasteiger partial charge on any atom is -0.258 e. The van der Waals surface area contributed by atoms with Crippen molar-refractivity contribution in [2.45, 2.75) is 24.4 Å². The molecule has 19 heavy (non-hydrogen) atoms. The molecule has 1 rings (SSSR count). The molecule has 106 valence electrons. The maximum Gasteiger partial charge on any atom is 0.417 e. The van der Waals surface area contributed by atoms with Crippen LogP contribution in [0, 0.1) is 10.1 Å². The van der Waals surface area contributed by atoms with Crippen molar-refractivity contribution >= 4 is 25.4 Å². The van der Waals surface area contributed by atoms with Crippen LogP contribution in [0.5, 0.6) is 0 Å². The Balaban J connectivity index is 3.79. The molecule has 1 aromatic carbocycles. The molecule has 0 aromatic heterocycles. The lowest BCUT2D eigenvalue weighted by atomic mass is 10.1. The summed E-state index contributed by atoms with van der Waals surface area (Å²) in [6, 6.07) is 0.775. The second-order valence-corrected chi connectivity index (χ2v) is 6.06. The van der Waals surface area contributed by atoms with Crippen LogP contribution in [0.2, 0.25) is 0 Å². The van der Waals surface area contributed by atoms with E-state index in [-0.39, 0.29) is 12.0 Å². The number of nitro groups is 1.